The number of aliphatic carboxylic acids is 1. The molecule has 0 heterocycles. The van der Waals surface area contributed by atoms with Crippen molar-refractivity contribution in [3.8, 4) is 0 Å². The van der Waals surface area contributed by atoms with Gasteiger partial charge in [0.05, 0.1) is 12.8 Å². The van der Waals surface area contributed by atoms with Crippen LogP contribution in [0.1, 0.15) is 52.4 Å². The minimum absolute atomic E-state index is 0.0560. The second-order valence-corrected chi connectivity index (χ2v) is 9.47. The smallest absolute Gasteiger partial charge is 0.306 e. The van der Waals surface area contributed by atoms with Gasteiger partial charge in [-0.15, -0.1) is 0 Å². The molecular weight excluding hydrogens is 396 g/mol. The molecule has 6 heteroatoms. The molecule has 4 rings (SSSR count). The zero-order chi connectivity index (χ0) is 22.4. The average Bonchev–Trinajstić information content (AvgIpc) is 3.08. The fourth-order valence-corrected chi connectivity index (χ4v) is 6.04. The van der Waals surface area contributed by atoms with E-state index in [1.165, 1.54) is 11.1 Å². The van der Waals surface area contributed by atoms with Gasteiger partial charge in [0, 0.05) is 16.4 Å². The summed E-state index contributed by atoms with van der Waals surface area (Å²) in [4.78, 5) is 47.0. The van der Waals surface area contributed by atoms with Gasteiger partial charge in [0.2, 0.25) is 0 Å². The van der Waals surface area contributed by atoms with Crippen LogP contribution in [0.3, 0.4) is 0 Å². The number of ketones is 2. The number of carboxylic acid groups (broad SMARTS) is 1. The number of fused-ring (bicyclic) bond motifs is 5. The van der Waals surface area contributed by atoms with Crippen molar-refractivity contribution in [3.63, 3.8) is 0 Å². The van der Waals surface area contributed by atoms with E-state index in [2.05, 4.69) is 19.9 Å². The summed E-state index contributed by atoms with van der Waals surface area (Å²) >= 11 is 0. The first kappa shape index (κ1) is 21.5. The van der Waals surface area contributed by atoms with Gasteiger partial charge < -0.3 is 9.84 Å². The van der Waals surface area contributed by atoms with Crippen LogP contribution in [0.25, 0.3) is 0 Å². The summed E-state index contributed by atoms with van der Waals surface area (Å²) in [5, 5.41) is 8.66. The Morgan fingerprint density at radius 1 is 1.19 bits per heavy atom. The number of rotatable bonds is 6. The van der Waals surface area contributed by atoms with E-state index in [1.807, 2.05) is 12.2 Å². The standard InChI is InChI=1S/C25H28O6/c1-24-11-9-16(26)13-15(24)3-4-17-18-5-6-20(25(18,2)12-10-19(17)24)21(27)14-31-23(30)8-7-22(28)29/h6,9-11,13,17-18H,3-5,7-8,12,14H2,1-2H3,(H,28,29)/t17-,18-,24-,25-/m0/s1. The van der Waals surface area contributed by atoms with Crippen LogP contribution < -0.4 is 0 Å². The lowest BCUT2D eigenvalue weighted by molar-refractivity contribution is -0.150. The number of carbonyl (C=O) groups excluding carboxylic acids is 3. The van der Waals surface area contributed by atoms with Crippen molar-refractivity contribution in [2.45, 2.75) is 52.4 Å². The Morgan fingerprint density at radius 2 is 1.97 bits per heavy atom. The second kappa shape index (κ2) is 7.74. The predicted octanol–water partition coefficient (Wildman–Crippen LogP) is 3.73. The number of carbonyl (C=O) groups is 4. The van der Waals surface area contributed by atoms with Crippen LogP contribution >= 0.6 is 0 Å². The molecule has 1 N–H and O–H groups in total. The third-order valence-corrected chi connectivity index (χ3v) is 7.74. The van der Waals surface area contributed by atoms with Crippen molar-refractivity contribution < 1.29 is 29.0 Å². The summed E-state index contributed by atoms with van der Waals surface area (Å²) in [6.07, 6.45) is 12.6. The Hall–Kier alpha value is -2.76. The average molecular weight is 424 g/mol. The van der Waals surface area contributed by atoms with E-state index in [9.17, 15) is 19.2 Å². The van der Waals surface area contributed by atoms with Gasteiger partial charge in [0.1, 0.15) is 0 Å². The summed E-state index contributed by atoms with van der Waals surface area (Å²) in [6, 6.07) is 0. The first-order valence-electron chi connectivity index (χ1n) is 10.9. The molecule has 0 aromatic carbocycles. The predicted molar refractivity (Wildman–Crippen MR) is 113 cm³/mol. The summed E-state index contributed by atoms with van der Waals surface area (Å²) < 4.78 is 5.04. The van der Waals surface area contributed by atoms with E-state index in [-0.39, 0.29) is 41.8 Å². The van der Waals surface area contributed by atoms with Gasteiger partial charge >= 0.3 is 11.9 Å². The molecule has 0 bridgehead atoms. The van der Waals surface area contributed by atoms with Crippen LogP contribution in [0, 0.1) is 22.7 Å². The Balaban J connectivity index is 1.49. The molecule has 0 radical (unpaired) electrons. The van der Waals surface area contributed by atoms with Gasteiger partial charge in [0.25, 0.3) is 0 Å². The molecule has 1 saturated carbocycles. The zero-order valence-corrected chi connectivity index (χ0v) is 18.0. The van der Waals surface area contributed by atoms with Crippen LogP contribution in [0.2, 0.25) is 0 Å². The highest BCUT2D eigenvalue weighted by Gasteiger charge is 2.54. The highest BCUT2D eigenvalue weighted by Crippen LogP contribution is 2.62. The lowest BCUT2D eigenvalue weighted by Gasteiger charge is -2.51. The monoisotopic (exact) mass is 424 g/mol. The summed E-state index contributed by atoms with van der Waals surface area (Å²) in [7, 11) is 0. The number of esters is 1. The number of ether oxygens (including phenoxy) is 1. The SMILES string of the molecule is C[C@]12C=CC(=O)C=C1CC[C@@H]1C2=CC[C@]2(C)C(C(=O)COC(=O)CCC(=O)O)=CC[C@@H]12. The van der Waals surface area contributed by atoms with E-state index < -0.39 is 11.9 Å². The molecule has 0 unspecified atom stereocenters. The molecule has 0 amide bonds. The first-order chi connectivity index (χ1) is 14.6. The van der Waals surface area contributed by atoms with Crippen LogP contribution in [0.5, 0.6) is 0 Å². The van der Waals surface area contributed by atoms with Gasteiger partial charge in [-0.3, -0.25) is 19.2 Å². The molecule has 0 aromatic heterocycles. The third kappa shape index (κ3) is 3.62. The fraction of sp³-hybridized carbons (Fsp3) is 0.520. The molecule has 164 valence electrons. The quantitative estimate of drug-likeness (QED) is 0.515. The van der Waals surface area contributed by atoms with Gasteiger partial charge in [-0.1, -0.05) is 36.3 Å². The maximum Gasteiger partial charge on any atom is 0.306 e. The lowest BCUT2D eigenvalue weighted by atomic mass is 9.52. The van der Waals surface area contributed by atoms with Crippen LogP contribution in [-0.4, -0.2) is 35.2 Å². The van der Waals surface area contributed by atoms with Gasteiger partial charge in [0.15, 0.2) is 18.2 Å². The minimum atomic E-state index is -1.07. The van der Waals surface area contributed by atoms with Crippen LogP contribution in [0.15, 0.2) is 47.1 Å². The largest absolute Gasteiger partial charge is 0.481 e. The van der Waals surface area contributed by atoms with E-state index in [0.717, 1.165) is 31.3 Å². The maximum atomic E-state index is 12.9. The maximum absolute atomic E-state index is 12.9. The molecule has 4 atom stereocenters. The first-order valence-corrected chi connectivity index (χ1v) is 10.9. The molecule has 1 fully saturated rings. The minimum Gasteiger partial charge on any atom is -0.481 e. The van der Waals surface area contributed by atoms with Crippen molar-refractivity contribution in [2.24, 2.45) is 22.7 Å². The fourth-order valence-electron chi connectivity index (χ4n) is 6.04. The Kier molecular flexibility index (Phi) is 5.36. The highest BCUT2D eigenvalue weighted by molar-refractivity contribution is 6.01. The number of hydrogen-bond acceptors (Lipinski definition) is 5. The number of carboxylic acids is 1. The number of allylic oxidation sites excluding steroid dienone is 7. The van der Waals surface area contributed by atoms with E-state index in [1.54, 1.807) is 12.2 Å². The molecule has 6 nitrogen and oxygen atoms in total. The van der Waals surface area contributed by atoms with Gasteiger partial charge in [-0.25, -0.2) is 0 Å². The number of Topliss-reactive ketones (excluding diaryl/α,β-unsaturated/α-hetero) is 1. The van der Waals surface area contributed by atoms with Crippen molar-refractivity contribution in [1.82, 2.24) is 0 Å². The van der Waals surface area contributed by atoms with Crippen LogP contribution in [-0.2, 0) is 23.9 Å². The van der Waals surface area contributed by atoms with Gasteiger partial charge in [-0.2, -0.15) is 0 Å². The lowest BCUT2D eigenvalue weighted by Crippen LogP contribution is -2.43. The van der Waals surface area contributed by atoms with E-state index >= 15 is 0 Å². The van der Waals surface area contributed by atoms with Crippen molar-refractivity contribution in [1.29, 1.82) is 0 Å². The number of hydrogen-bond donors (Lipinski definition) is 1. The van der Waals surface area contributed by atoms with Crippen molar-refractivity contribution in [2.75, 3.05) is 6.61 Å². The Morgan fingerprint density at radius 3 is 2.71 bits per heavy atom. The molecular formula is C25H28O6. The Bertz CT molecular complexity index is 980. The summed E-state index contributed by atoms with van der Waals surface area (Å²) in [6.45, 7) is 3.97. The highest BCUT2D eigenvalue weighted by atomic mass is 16.5. The van der Waals surface area contributed by atoms with Crippen molar-refractivity contribution >= 4 is 23.5 Å². The molecule has 0 aromatic rings. The molecule has 0 spiro atoms. The van der Waals surface area contributed by atoms with E-state index in [4.69, 9.17) is 9.84 Å². The van der Waals surface area contributed by atoms with Crippen molar-refractivity contribution in [3.05, 3.63) is 47.1 Å². The topological polar surface area (TPSA) is 97.7 Å². The second-order valence-electron chi connectivity index (χ2n) is 9.47. The van der Waals surface area contributed by atoms with E-state index in [0.29, 0.717) is 11.8 Å². The normalized spacial score (nSPS) is 33.4. The molecule has 4 aliphatic carbocycles. The molecule has 0 saturated heterocycles. The molecule has 0 aliphatic heterocycles. The van der Waals surface area contributed by atoms with Gasteiger partial charge in [-0.05, 0) is 56.6 Å². The van der Waals surface area contributed by atoms with Crippen LogP contribution in [0.4, 0.5) is 0 Å². The zero-order valence-electron chi connectivity index (χ0n) is 18.0. The summed E-state index contributed by atoms with van der Waals surface area (Å²) in [5.74, 6) is -1.23. The third-order valence-electron chi connectivity index (χ3n) is 7.74. The molecule has 31 heavy (non-hydrogen) atoms. The summed E-state index contributed by atoms with van der Waals surface area (Å²) in [5.41, 5.74) is 2.74. The Labute approximate surface area is 181 Å². The molecule has 4 aliphatic rings.